The van der Waals surface area contributed by atoms with Crippen LogP contribution in [0.3, 0.4) is 0 Å². The van der Waals surface area contributed by atoms with Crippen molar-refractivity contribution in [2.75, 3.05) is 53.7 Å². The summed E-state index contributed by atoms with van der Waals surface area (Å²) in [5.74, 6) is -5.80. The van der Waals surface area contributed by atoms with Gasteiger partial charge in [0.25, 0.3) is 0 Å². The van der Waals surface area contributed by atoms with Gasteiger partial charge in [-0.1, -0.05) is 44.9 Å². The second kappa shape index (κ2) is 22.7. The molecule has 0 amide bonds. The van der Waals surface area contributed by atoms with E-state index in [1.54, 1.807) is 37.2 Å². The van der Waals surface area contributed by atoms with Gasteiger partial charge in [-0.15, -0.1) is 0 Å². The van der Waals surface area contributed by atoms with E-state index in [9.17, 15) is 33.8 Å². The second-order valence-electron chi connectivity index (χ2n) is 13.8. The van der Waals surface area contributed by atoms with Crippen LogP contribution in [0, 0.1) is 17.2 Å². The molecule has 3 heterocycles. The number of rotatable bonds is 25. The van der Waals surface area contributed by atoms with Crippen LogP contribution in [0.5, 0.6) is 5.75 Å². The highest BCUT2D eigenvalue weighted by Crippen LogP contribution is 2.48. The Hall–Kier alpha value is -6.02. The van der Waals surface area contributed by atoms with Gasteiger partial charge in [0.2, 0.25) is 5.60 Å². The lowest BCUT2D eigenvalue weighted by Gasteiger charge is -2.28. The Morgan fingerprint density at radius 3 is 2.26 bits per heavy atom. The van der Waals surface area contributed by atoms with Crippen molar-refractivity contribution in [3.8, 4) is 11.8 Å². The zero-order valence-electron chi connectivity index (χ0n) is 34.5. The molecule has 3 N–H and O–H groups in total. The van der Waals surface area contributed by atoms with Crippen LogP contribution in [0.1, 0.15) is 39.3 Å². The molecule has 0 bridgehead atoms. The number of nitriles is 1. The first-order valence-electron chi connectivity index (χ1n) is 19.1. The Bertz CT molecular complexity index is 2140. The Morgan fingerprint density at radius 2 is 1.66 bits per heavy atom. The average Bonchev–Trinajstić information content (AvgIpc) is 3.79. The van der Waals surface area contributed by atoms with E-state index in [0.717, 1.165) is 19.2 Å². The molecule has 3 aromatic rings. The maximum atomic E-state index is 14.6. The number of aliphatic carboxylic acids is 2. The standard InChI is InChI=1S/C38H48N7O16P/c1-6-25(7-2)15-56-37(52)24(3)43-62(53,61-26-11-9-8-10-12-26)57-16-28-34(58-32(50)19-54-17-30(46)47)35(59-33(51)20-55-18-31(48)49)38(21-39,60-28)29-14-13-27-36(41-23-44(4)5)40-22-42-45(27)29/h8-14,22-25,28,34-35H,6-7,15-20H2,1-5H3,(H,43,53)(H,46,47)(H,48,49)/b41-23-/t24-,28+,34+,35+,38-,62-/m0/s1. The first-order chi connectivity index (χ1) is 29.5. The molecule has 0 spiro atoms. The van der Waals surface area contributed by atoms with Crippen LogP contribution in [-0.2, 0) is 67.1 Å². The van der Waals surface area contributed by atoms with E-state index < -0.39 is 101 Å². The van der Waals surface area contributed by atoms with E-state index >= 15 is 0 Å². The summed E-state index contributed by atoms with van der Waals surface area (Å²) >= 11 is 0. The van der Waals surface area contributed by atoms with Crippen molar-refractivity contribution < 1.29 is 76.2 Å². The minimum Gasteiger partial charge on any atom is -0.480 e. The predicted molar refractivity (Wildman–Crippen MR) is 212 cm³/mol. The first kappa shape index (κ1) is 48.6. The van der Waals surface area contributed by atoms with Crippen molar-refractivity contribution in [1.29, 1.82) is 5.26 Å². The second-order valence-corrected chi connectivity index (χ2v) is 15.5. The number of hydrogen-bond acceptors (Lipinski definition) is 18. The van der Waals surface area contributed by atoms with Crippen molar-refractivity contribution in [2.24, 2.45) is 10.9 Å². The highest BCUT2D eigenvalue weighted by Gasteiger charge is 2.63. The molecule has 1 aliphatic heterocycles. The summed E-state index contributed by atoms with van der Waals surface area (Å²) in [7, 11) is -1.23. The maximum Gasteiger partial charge on any atom is 0.459 e. The number of esters is 3. The molecule has 23 nitrogen and oxygen atoms in total. The number of fused-ring (bicyclic) bond motifs is 1. The number of benzene rings is 1. The molecule has 1 aliphatic rings. The average molecular weight is 890 g/mol. The summed E-state index contributed by atoms with van der Waals surface area (Å²) in [5, 5.41) is 35.9. The van der Waals surface area contributed by atoms with Gasteiger partial charge in [-0.2, -0.15) is 15.4 Å². The molecule has 1 saturated heterocycles. The lowest BCUT2D eigenvalue weighted by Crippen LogP contribution is -2.47. The molecule has 6 atom stereocenters. The first-order valence-corrected chi connectivity index (χ1v) is 20.6. The van der Waals surface area contributed by atoms with Crippen molar-refractivity contribution in [3.63, 3.8) is 0 Å². The number of para-hydroxylation sites is 1. The van der Waals surface area contributed by atoms with E-state index in [4.69, 9.17) is 47.7 Å². The van der Waals surface area contributed by atoms with E-state index in [1.165, 1.54) is 42.0 Å². The fourth-order valence-electron chi connectivity index (χ4n) is 5.87. The number of aromatic nitrogens is 3. The normalized spacial score (nSPS) is 20.0. The lowest BCUT2D eigenvalue weighted by atomic mass is 9.92. The monoisotopic (exact) mass is 889 g/mol. The molecule has 24 heteroatoms. The molecule has 1 fully saturated rings. The van der Waals surface area contributed by atoms with Crippen molar-refractivity contribution >= 4 is 55.3 Å². The third kappa shape index (κ3) is 13.2. The van der Waals surface area contributed by atoms with Gasteiger partial charge < -0.3 is 48.1 Å². The summed E-state index contributed by atoms with van der Waals surface area (Å²) in [4.78, 5) is 72.0. The van der Waals surface area contributed by atoms with Gasteiger partial charge in [0.1, 0.15) is 62.2 Å². The largest absolute Gasteiger partial charge is 0.480 e. The Labute approximate surface area is 355 Å². The van der Waals surface area contributed by atoms with Gasteiger partial charge in [-0.25, -0.2) is 38.2 Å². The SMILES string of the molecule is CCC(CC)COC(=O)[C@H](C)N[P@](=O)(OC[C@H]1O[C@@](C#N)(c2ccc3c(/N=C\N(C)C)ncnn23)[C@H](OC(=O)COCC(=O)O)[C@@H]1OC(=O)COCC(=O)O)Oc1ccccc1. The Balaban J connectivity index is 1.80. The number of carbonyl (C=O) groups is 5. The summed E-state index contributed by atoms with van der Waals surface area (Å²) in [6.45, 7) is 0.788. The predicted octanol–water partition coefficient (Wildman–Crippen LogP) is 2.26. The summed E-state index contributed by atoms with van der Waals surface area (Å²) in [6.07, 6.45) is -1.44. The lowest BCUT2D eigenvalue weighted by molar-refractivity contribution is -0.175. The minimum absolute atomic E-state index is 0.0402. The highest BCUT2D eigenvalue weighted by atomic mass is 31.2. The van der Waals surface area contributed by atoms with E-state index in [2.05, 4.69) is 20.2 Å². The molecule has 0 aliphatic carbocycles. The van der Waals surface area contributed by atoms with Crippen LogP contribution in [0.25, 0.3) is 5.52 Å². The number of carboxylic acids is 2. The van der Waals surface area contributed by atoms with Crippen LogP contribution < -0.4 is 9.61 Å². The summed E-state index contributed by atoms with van der Waals surface area (Å²) in [5.41, 5.74) is -2.36. The topological polar surface area (TPSA) is 298 Å². The van der Waals surface area contributed by atoms with Crippen molar-refractivity contribution in [3.05, 3.63) is 54.5 Å². The number of nitrogens with zero attached hydrogens (tertiary/aromatic N) is 6. The van der Waals surface area contributed by atoms with E-state index in [1.807, 2.05) is 19.9 Å². The molecule has 1 aromatic carbocycles. The summed E-state index contributed by atoms with van der Waals surface area (Å²) < 4.78 is 60.5. The number of hydrogen-bond donors (Lipinski definition) is 3. The zero-order chi connectivity index (χ0) is 45.5. The van der Waals surface area contributed by atoms with Crippen molar-refractivity contribution in [2.45, 2.75) is 63.6 Å². The third-order valence-electron chi connectivity index (χ3n) is 8.91. The molecule has 0 saturated carbocycles. The Kier molecular flexibility index (Phi) is 17.8. The molecular formula is C38H48N7O16P. The quantitative estimate of drug-likeness (QED) is 0.0361. The minimum atomic E-state index is -4.67. The van der Waals surface area contributed by atoms with Gasteiger partial charge in [0.15, 0.2) is 18.0 Å². The van der Waals surface area contributed by atoms with Crippen molar-refractivity contribution in [1.82, 2.24) is 24.6 Å². The number of ether oxygens (including phenoxy) is 6. The fourth-order valence-corrected chi connectivity index (χ4v) is 7.37. The molecule has 0 radical (unpaired) electrons. The van der Waals surface area contributed by atoms with Gasteiger partial charge in [0, 0.05) is 14.1 Å². The van der Waals surface area contributed by atoms with Gasteiger partial charge >= 0.3 is 37.6 Å². The Morgan fingerprint density at radius 1 is 1.02 bits per heavy atom. The van der Waals surface area contributed by atoms with Crippen LogP contribution in [-0.4, -0.2) is 144 Å². The number of aliphatic imine (C=N–C) groups is 1. The maximum absolute atomic E-state index is 14.6. The molecule has 62 heavy (non-hydrogen) atoms. The van der Waals surface area contributed by atoms with Crippen LogP contribution in [0.4, 0.5) is 5.82 Å². The fraction of sp³-hybridized carbons (Fsp3) is 0.500. The molecule has 4 rings (SSSR count). The molecule has 2 aromatic heterocycles. The highest BCUT2D eigenvalue weighted by molar-refractivity contribution is 7.52. The molecular weight excluding hydrogens is 841 g/mol. The van der Waals surface area contributed by atoms with Gasteiger partial charge in [0.05, 0.1) is 25.2 Å². The van der Waals surface area contributed by atoms with E-state index in [0.29, 0.717) is 0 Å². The number of carbonyl (C=O) groups excluding carboxylic acids is 3. The van der Waals surface area contributed by atoms with Crippen LogP contribution >= 0.6 is 7.75 Å². The third-order valence-corrected chi connectivity index (χ3v) is 10.6. The van der Waals surface area contributed by atoms with Gasteiger partial charge in [-0.05, 0) is 37.1 Å². The van der Waals surface area contributed by atoms with E-state index in [-0.39, 0.29) is 35.3 Å². The van der Waals surface area contributed by atoms with Crippen LogP contribution in [0.15, 0.2) is 53.8 Å². The number of carboxylic acid groups (broad SMARTS) is 2. The molecule has 336 valence electrons. The summed E-state index contributed by atoms with van der Waals surface area (Å²) in [6, 6.07) is 11.3. The smallest absolute Gasteiger partial charge is 0.459 e. The zero-order valence-corrected chi connectivity index (χ0v) is 35.4. The van der Waals surface area contributed by atoms with Gasteiger partial charge in [-0.3, -0.25) is 9.32 Å². The van der Waals surface area contributed by atoms with Crippen LogP contribution in [0.2, 0.25) is 0 Å². The molecule has 0 unspecified atom stereocenters. The number of nitrogens with one attached hydrogen (secondary N) is 1.